The number of aldehydes is 1. The molecule has 96 valence electrons. The van der Waals surface area contributed by atoms with Crippen LogP contribution in [0.15, 0.2) is 12.4 Å². The number of aromatic nitrogens is 3. The van der Waals surface area contributed by atoms with Crippen molar-refractivity contribution in [1.82, 2.24) is 13.9 Å². The average molecular weight is 269 g/mol. The normalized spacial score (nSPS) is 14.2. The summed E-state index contributed by atoms with van der Waals surface area (Å²) in [4.78, 5) is 19.4. The van der Waals surface area contributed by atoms with E-state index in [0.717, 1.165) is 25.6 Å². The zero-order chi connectivity index (χ0) is 13.1. The topological polar surface area (TPSA) is 68.0 Å². The van der Waals surface area contributed by atoms with Gasteiger partial charge in [-0.3, -0.25) is 4.79 Å². The predicted molar refractivity (Wildman–Crippen MR) is 67.1 cm³/mol. The molecule has 0 bridgehead atoms. The van der Waals surface area contributed by atoms with Gasteiger partial charge in [-0.15, -0.1) is 3.89 Å². The molecule has 3 rings (SSSR count). The molecule has 1 aliphatic carbocycles. The van der Waals surface area contributed by atoms with Crippen molar-refractivity contribution in [1.29, 1.82) is 0 Å². The van der Waals surface area contributed by atoms with Gasteiger partial charge in [0.05, 0.1) is 17.5 Å². The van der Waals surface area contributed by atoms with Crippen molar-refractivity contribution < 1.29 is 13.8 Å². The number of nitrogens with zero attached hydrogens (tertiary/aromatic N) is 3. The molecule has 5 nitrogen and oxygen atoms in total. The first kappa shape index (κ1) is 13.0. The molecule has 1 aliphatic rings. The zero-order valence-corrected chi connectivity index (χ0v) is 10.5. The van der Waals surface area contributed by atoms with Gasteiger partial charge >= 0.3 is 0 Å². The third-order valence-electron chi connectivity index (χ3n) is 2.71. The molecule has 2 aromatic rings. The highest BCUT2D eigenvalue weighted by Gasteiger charge is 2.26. The third kappa shape index (κ3) is 2.23. The van der Waals surface area contributed by atoms with Crippen LogP contribution in [0.3, 0.4) is 0 Å². The van der Waals surface area contributed by atoms with Crippen LogP contribution in [0.25, 0.3) is 11.2 Å². The van der Waals surface area contributed by atoms with E-state index in [4.69, 9.17) is 5.11 Å². The van der Waals surface area contributed by atoms with Crippen LogP contribution in [0.2, 0.25) is 0 Å². The van der Waals surface area contributed by atoms with Crippen molar-refractivity contribution in [3.63, 3.8) is 0 Å². The summed E-state index contributed by atoms with van der Waals surface area (Å²) in [5, 5.41) is 7.00. The lowest BCUT2D eigenvalue weighted by atomic mass is 10.3. The van der Waals surface area contributed by atoms with Crippen molar-refractivity contribution in [2.45, 2.75) is 18.8 Å². The first-order chi connectivity index (χ1) is 8.83. The Morgan fingerprint density at radius 1 is 1.56 bits per heavy atom. The largest absolute Gasteiger partial charge is 0.400 e. The van der Waals surface area contributed by atoms with Crippen LogP contribution >= 0.6 is 12.3 Å². The average Bonchev–Trinajstić information content (AvgIpc) is 3.22. The molecule has 1 fully saturated rings. The number of fused-ring (bicyclic) bond motifs is 1. The monoisotopic (exact) mass is 269 g/mol. The second-order valence-electron chi connectivity index (χ2n) is 3.84. The highest BCUT2D eigenvalue weighted by molar-refractivity contribution is 7.92. The fourth-order valence-electron chi connectivity index (χ4n) is 1.71. The summed E-state index contributed by atoms with van der Waals surface area (Å²) in [6.07, 6.45) is 6.01. The van der Waals surface area contributed by atoms with Crippen LogP contribution in [0.4, 0.5) is 3.89 Å². The molecule has 0 aromatic carbocycles. The molecule has 0 atom stereocenters. The van der Waals surface area contributed by atoms with Crippen molar-refractivity contribution in [2.75, 3.05) is 7.11 Å². The van der Waals surface area contributed by atoms with Gasteiger partial charge in [-0.2, -0.15) is 0 Å². The van der Waals surface area contributed by atoms with Crippen LogP contribution in [-0.4, -0.2) is 32.4 Å². The lowest BCUT2D eigenvalue weighted by Gasteiger charge is -1.98. The van der Waals surface area contributed by atoms with Crippen molar-refractivity contribution >= 4 is 29.8 Å². The summed E-state index contributed by atoms with van der Waals surface area (Å²) in [6, 6.07) is 0. The van der Waals surface area contributed by atoms with Crippen LogP contribution in [0, 0.1) is 0 Å². The van der Waals surface area contributed by atoms with E-state index in [9.17, 15) is 8.68 Å². The molecule has 2 aromatic heterocycles. The molecule has 0 saturated heterocycles. The number of hydrogen-bond donors (Lipinski definition) is 1. The summed E-state index contributed by atoms with van der Waals surface area (Å²) < 4.78 is 13.8. The first-order valence-corrected chi connectivity index (χ1v) is 6.08. The van der Waals surface area contributed by atoms with Gasteiger partial charge < -0.3 is 5.11 Å². The van der Waals surface area contributed by atoms with Gasteiger partial charge in [-0.05, 0) is 12.8 Å². The SMILES string of the molecule is CO.O=Cc1cn(SF)c2ncc(C3CC3)nc12. The maximum atomic E-state index is 12.6. The lowest BCUT2D eigenvalue weighted by molar-refractivity contribution is 0.112. The number of aliphatic hydroxyl groups is 1. The van der Waals surface area contributed by atoms with E-state index < -0.39 is 0 Å². The molecule has 0 aliphatic heterocycles. The highest BCUT2D eigenvalue weighted by Crippen LogP contribution is 2.39. The summed E-state index contributed by atoms with van der Waals surface area (Å²) in [6.45, 7) is 0. The molecule has 1 saturated carbocycles. The van der Waals surface area contributed by atoms with Crippen LogP contribution < -0.4 is 0 Å². The van der Waals surface area contributed by atoms with Crippen LogP contribution in [-0.2, 0) is 0 Å². The molecule has 1 N–H and O–H groups in total. The van der Waals surface area contributed by atoms with E-state index in [2.05, 4.69) is 9.97 Å². The Balaban J connectivity index is 0.000000574. The Bertz CT molecular complexity index is 569. The van der Waals surface area contributed by atoms with Crippen molar-refractivity contribution in [3.05, 3.63) is 23.7 Å². The fourth-order valence-corrected chi connectivity index (χ4v) is 2.07. The number of halogens is 1. The summed E-state index contributed by atoms with van der Waals surface area (Å²) in [5.41, 5.74) is 2.18. The summed E-state index contributed by atoms with van der Waals surface area (Å²) in [7, 11) is 1.00. The Morgan fingerprint density at radius 2 is 2.28 bits per heavy atom. The molecular weight excluding hydrogens is 257 g/mol. The number of carbonyl (C=O) groups excluding carboxylic acids is 1. The number of rotatable bonds is 3. The highest BCUT2D eigenvalue weighted by atomic mass is 32.2. The van der Waals surface area contributed by atoms with Gasteiger partial charge in [0.2, 0.25) is 0 Å². The minimum atomic E-state index is 0.0196. The fraction of sp³-hybridized carbons (Fsp3) is 0.364. The Labute approximate surface area is 107 Å². The quantitative estimate of drug-likeness (QED) is 0.864. The predicted octanol–water partition coefficient (Wildman–Crippen LogP) is 2.11. The second-order valence-corrected chi connectivity index (χ2v) is 4.37. The molecule has 0 spiro atoms. The lowest BCUT2D eigenvalue weighted by Crippen LogP contribution is -1.92. The van der Waals surface area contributed by atoms with E-state index in [1.54, 1.807) is 6.20 Å². The number of hydrogen-bond acceptors (Lipinski definition) is 5. The first-order valence-electron chi connectivity index (χ1n) is 5.40. The standard InChI is InChI=1S/C10H8FN3OS.CH4O/c11-16-14-4-7(5-15)9-10(14)12-3-8(13-9)6-1-2-6;1-2/h3-6H,1-2H2;2H,1H3. The summed E-state index contributed by atoms with van der Waals surface area (Å²) in [5.74, 6) is 0.470. The van der Waals surface area contributed by atoms with Crippen LogP contribution in [0.1, 0.15) is 34.8 Å². The molecule has 7 heteroatoms. The van der Waals surface area contributed by atoms with Gasteiger partial charge in [0.1, 0.15) is 5.52 Å². The van der Waals surface area contributed by atoms with Crippen molar-refractivity contribution in [2.24, 2.45) is 0 Å². The Morgan fingerprint density at radius 3 is 2.83 bits per heavy atom. The Kier molecular flexibility index (Phi) is 3.93. The Hall–Kier alpha value is -1.47. The second kappa shape index (κ2) is 5.45. The third-order valence-corrected chi connectivity index (χ3v) is 3.13. The van der Waals surface area contributed by atoms with Gasteiger partial charge in [-0.25, -0.2) is 13.9 Å². The molecule has 0 radical (unpaired) electrons. The van der Waals surface area contributed by atoms with E-state index in [0.29, 0.717) is 28.9 Å². The maximum absolute atomic E-state index is 12.6. The van der Waals surface area contributed by atoms with Crippen molar-refractivity contribution in [3.8, 4) is 0 Å². The minimum absolute atomic E-state index is 0.0196. The zero-order valence-electron chi connectivity index (χ0n) is 9.71. The van der Waals surface area contributed by atoms with Gasteiger partial charge in [-0.1, -0.05) is 0 Å². The van der Waals surface area contributed by atoms with Crippen LogP contribution in [0.5, 0.6) is 0 Å². The molecule has 0 amide bonds. The van der Waals surface area contributed by atoms with Gasteiger partial charge in [0, 0.05) is 19.2 Å². The maximum Gasteiger partial charge on any atom is 0.171 e. The number of carbonyl (C=O) groups is 1. The van der Waals surface area contributed by atoms with Gasteiger partial charge in [0.25, 0.3) is 0 Å². The van der Waals surface area contributed by atoms with E-state index in [1.165, 1.54) is 10.2 Å². The smallest absolute Gasteiger partial charge is 0.171 e. The molecular formula is C11H12FN3O2S. The summed E-state index contributed by atoms with van der Waals surface area (Å²) >= 11 is 0.0196. The van der Waals surface area contributed by atoms with E-state index in [1.807, 2.05) is 0 Å². The molecule has 0 unspecified atom stereocenters. The van der Waals surface area contributed by atoms with E-state index in [-0.39, 0.29) is 12.3 Å². The van der Waals surface area contributed by atoms with Gasteiger partial charge in [0.15, 0.2) is 24.3 Å². The van der Waals surface area contributed by atoms with E-state index >= 15 is 0 Å². The molecule has 18 heavy (non-hydrogen) atoms. The molecule has 2 heterocycles. The minimum Gasteiger partial charge on any atom is -0.400 e. The number of aliphatic hydroxyl groups excluding tert-OH is 1.